The molecule has 1 atom stereocenters. The zero-order valence-corrected chi connectivity index (χ0v) is 12.9. The largest absolute Gasteiger partial charge is 0.348 e. The molecule has 0 radical (unpaired) electrons. The monoisotopic (exact) mass is 301 g/mol. The van der Waals surface area contributed by atoms with Crippen LogP contribution in [0.25, 0.3) is 0 Å². The first-order chi connectivity index (χ1) is 10.3. The van der Waals surface area contributed by atoms with Gasteiger partial charge in [0.1, 0.15) is 11.0 Å². The van der Waals surface area contributed by atoms with Crippen LogP contribution in [0.3, 0.4) is 0 Å². The van der Waals surface area contributed by atoms with Gasteiger partial charge in [-0.2, -0.15) is 0 Å². The summed E-state index contributed by atoms with van der Waals surface area (Å²) in [4.78, 5) is 18.0. The molecule has 1 unspecified atom stereocenters. The highest BCUT2D eigenvalue weighted by Crippen LogP contribution is 2.23. The van der Waals surface area contributed by atoms with Crippen molar-refractivity contribution in [3.63, 3.8) is 0 Å². The van der Waals surface area contributed by atoms with E-state index in [0.29, 0.717) is 6.54 Å². The number of thiazole rings is 1. The topological polar surface area (TPSA) is 54.0 Å². The summed E-state index contributed by atoms with van der Waals surface area (Å²) in [6.45, 7) is 3.45. The van der Waals surface area contributed by atoms with Gasteiger partial charge in [0.25, 0.3) is 0 Å². The molecule has 0 fully saturated rings. The summed E-state index contributed by atoms with van der Waals surface area (Å²) in [7, 11) is 0. The maximum atomic E-state index is 12.4. The number of benzene rings is 1. The standard InChI is InChI=1S/C16H19N3OS/c1-2-12-9-18-14(21-12)10-19-16(20)15-13-6-4-3-5-11(13)7-8-17-15/h3-6,9,15,17H,2,7-8,10H2,1H3,(H,19,20). The van der Waals surface area contributed by atoms with Crippen molar-refractivity contribution in [3.05, 3.63) is 51.5 Å². The summed E-state index contributed by atoms with van der Waals surface area (Å²) in [5.74, 6) is 0.0235. The lowest BCUT2D eigenvalue weighted by atomic mass is 9.94. The van der Waals surface area contributed by atoms with Crippen molar-refractivity contribution in [1.82, 2.24) is 15.6 Å². The van der Waals surface area contributed by atoms with E-state index in [0.717, 1.165) is 30.0 Å². The van der Waals surface area contributed by atoms with Crippen LogP contribution in [-0.2, 0) is 24.2 Å². The molecule has 5 heteroatoms. The number of carbonyl (C=O) groups is 1. The van der Waals surface area contributed by atoms with Crippen molar-refractivity contribution in [3.8, 4) is 0 Å². The molecule has 21 heavy (non-hydrogen) atoms. The number of aryl methyl sites for hydroxylation is 1. The quantitative estimate of drug-likeness (QED) is 0.910. The molecule has 0 saturated heterocycles. The first-order valence-corrected chi connectivity index (χ1v) is 8.12. The first kappa shape index (κ1) is 14.2. The predicted octanol–water partition coefficient (Wildman–Crippen LogP) is 2.21. The molecular weight excluding hydrogens is 282 g/mol. The van der Waals surface area contributed by atoms with Crippen LogP contribution < -0.4 is 10.6 Å². The molecule has 0 aliphatic carbocycles. The van der Waals surface area contributed by atoms with Gasteiger partial charge in [-0.3, -0.25) is 4.79 Å². The van der Waals surface area contributed by atoms with Gasteiger partial charge < -0.3 is 10.6 Å². The molecule has 2 heterocycles. The van der Waals surface area contributed by atoms with Crippen molar-refractivity contribution < 1.29 is 4.79 Å². The Labute approximate surface area is 128 Å². The fourth-order valence-electron chi connectivity index (χ4n) is 2.60. The Morgan fingerprint density at radius 3 is 3.14 bits per heavy atom. The number of hydrogen-bond acceptors (Lipinski definition) is 4. The van der Waals surface area contributed by atoms with Crippen molar-refractivity contribution >= 4 is 17.2 Å². The maximum Gasteiger partial charge on any atom is 0.242 e. The predicted molar refractivity (Wildman–Crippen MR) is 84.2 cm³/mol. The average Bonchev–Trinajstić information content (AvgIpc) is 3.00. The molecule has 1 amide bonds. The van der Waals surface area contributed by atoms with E-state index in [1.807, 2.05) is 24.4 Å². The van der Waals surface area contributed by atoms with E-state index in [4.69, 9.17) is 0 Å². The minimum atomic E-state index is -0.249. The Kier molecular flexibility index (Phi) is 4.31. The first-order valence-electron chi connectivity index (χ1n) is 7.30. The number of amides is 1. The highest BCUT2D eigenvalue weighted by atomic mass is 32.1. The average molecular weight is 301 g/mol. The van der Waals surface area contributed by atoms with Crippen molar-refractivity contribution in [2.45, 2.75) is 32.4 Å². The van der Waals surface area contributed by atoms with Gasteiger partial charge in [-0.05, 0) is 24.0 Å². The lowest BCUT2D eigenvalue weighted by Crippen LogP contribution is -2.41. The molecule has 2 aromatic rings. The zero-order valence-electron chi connectivity index (χ0n) is 12.1. The van der Waals surface area contributed by atoms with Gasteiger partial charge in [-0.25, -0.2) is 4.98 Å². The van der Waals surface area contributed by atoms with Crippen LogP contribution >= 0.6 is 11.3 Å². The summed E-state index contributed by atoms with van der Waals surface area (Å²) in [5, 5.41) is 7.25. The molecule has 0 spiro atoms. The second kappa shape index (κ2) is 6.37. The molecule has 0 saturated carbocycles. The number of nitrogens with zero attached hydrogens (tertiary/aromatic N) is 1. The SMILES string of the molecule is CCc1cnc(CNC(=O)C2NCCc3ccccc32)s1. The Hall–Kier alpha value is -1.72. The zero-order chi connectivity index (χ0) is 14.7. The molecule has 1 aromatic heterocycles. The lowest BCUT2D eigenvalue weighted by Gasteiger charge is -2.25. The molecule has 2 N–H and O–H groups in total. The minimum Gasteiger partial charge on any atom is -0.348 e. The highest BCUT2D eigenvalue weighted by molar-refractivity contribution is 7.11. The lowest BCUT2D eigenvalue weighted by molar-refractivity contribution is -0.123. The second-order valence-corrected chi connectivity index (χ2v) is 6.33. The summed E-state index contributed by atoms with van der Waals surface area (Å²) < 4.78 is 0. The number of nitrogens with one attached hydrogen (secondary N) is 2. The number of aromatic nitrogens is 1. The van der Waals surface area contributed by atoms with E-state index in [2.05, 4.69) is 28.6 Å². The third-order valence-electron chi connectivity index (χ3n) is 3.73. The molecular formula is C16H19N3OS. The van der Waals surface area contributed by atoms with Gasteiger partial charge in [0.2, 0.25) is 5.91 Å². The van der Waals surface area contributed by atoms with Gasteiger partial charge in [-0.1, -0.05) is 31.2 Å². The van der Waals surface area contributed by atoms with Crippen LogP contribution in [0, 0.1) is 0 Å². The molecule has 4 nitrogen and oxygen atoms in total. The minimum absolute atomic E-state index is 0.0235. The van der Waals surface area contributed by atoms with Gasteiger partial charge >= 0.3 is 0 Å². The van der Waals surface area contributed by atoms with Crippen LogP contribution in [-0.4, -0.2) is 17.4 Å². The number of fused-ring (bicyclic) bond motifs is 1. The molecule has 1 aliphatic heterocycles. The Morgan fingerprint density at radius 1 is 1.48 bits per heavy atom. The van der Waals surface area contributed by atoms with Crippen LogP contribution in [0.5, 0.6) is 0 Å². The Bertz CT molecular complexity index is 638. The number of rotatable bonds is 4. The van der Waals surface area contributed by atoms with Gasteiger partial charge in [0.15, 0.2) is 0 Å². The van der Waals surface area contributed by atoms with Crippen LogP contribution in [0.2, 0.25) is 0 Å². The normalized spacial score (nSPS) is 17.3. The number of carbonyl (C=O) groups excluding carboxylic acids is 1. The molecule has 0 bridgehead atoms. The smallest absolute Gasteiger partial charge is 0.242 e. The van der Waals surface area contributed by atoms with E-state index >= 15 is 0 Å². The van der Waals surface area contributed by atoms with E-state index in [-0.39, 0.29) is 11.9 Å². The van der Waals surface area contributed by atoms with E-state index in [1.165, 1.54) is 10.4 Å². The van der Waals surface area contributed by atoms with Crippen LogP contribution in [0.15, 0.2) is 30.5 Å². The van der Waals surface area contributed by atoms with Gasteiger partial charge in [-0.15, -0.1) is 11.3 Å². The maximum absolute atomic E-state index is 12.4. The second-order valence-electron chi connectivity index (χ2n) is 5.13. The summed E-state index contributed by atoms with van der Waals surface area (Å²) in [6, 6.07) is 7.90. The summed E-state index contributed by atoms with van der Waals surface area (Å²) >= 11 is 1.66. The van der Waals surface area contributed by atoms with Gasteiger partial charge in [0, 0.05) is 17.6 Å². The van der Waals surface area contributed by atoms with E-state index < -0.39 is 0 Å². The van der Waals surface area contributed by atoms with Crippen LogP contribution in [0.4, 0.5) is 0 Å². The molecule has 1 aliphatic rings. The van der Waals surface area contributed by atoms with Crippen molar-refractivity contribution in [1.29, 1.82) is 0 Å². The Balaban J connectivity index is 1.66. The number of hydrogen-bond donors (Lipinski definition) is 2. The molecule has 3 rings (SSSR count). The molecule has 110 valence electrons. The highest BCUT2D eigenvalue weighted by Gasteiger charge is 2.25. The van der Waals surface area contributed by atoms with Crippen molar-refractivity contribution in [2.24, 2.45) is 0 Å². The van der Waals surface area contributed by atoms with Gasteiger partial charge in [0.05, 0.1) is 6.54 Å². The Morgan fingerprint density at radius 2 is 2.33 bits per heavy atom. The summed E-state index contributed by atoms with van der Waals surface area (Å²) in [6.07, 6.45) is 3.86. The third kappa shape index (κ3) is 3.14. The third-order valence-corrected chi connectivity index (χ3v) is 4.88. The van der Waals surface area contributed by atoms with E-state index in [1.54, 1.807) is 11.3 Å². The fourth-order valence-corrected chi connectivity index (χ4v) is 3.40. The summed E-state index contributed by atoms with van der Waals surface area (Å²) in [5.41, 5.74) is 2.36. The fraction of sp³-hybridized carbons (Fsp3) is 0.375. The van der Waals surface area contributed by atoms with E-state index in [9.17, 15) is 4.79 Å². The molecule has 1 aromatic carbocycles. The van der Waals surface area contributed by atoms with Crippen molar-refractivity contribution in [2.75, 3.05) is 6.54 Å². The van der Waals surface area contributed by atoms with Crippen LogP contribution in [0.1, 0.15) is 34.0 Å².